The molecule has 0 radical (unpaired) electrons. The first-order valence-electron chi connectivity index (χ1n) is 15.4. The summed E-state index contributed by atoms with van der Waals surface area (Å²) in [6.07, 6.45) is 16.8. The molecule has 2 aromatic rings. The Morgan fingerprint density at radius 2 is 1.11 bits per heavy atom. The van der Waals surface area contributed by atoms with Gasteiger partial charge in [0.2, 0.25) is 0 Å². The number of hydrogen-bond acceptors (Lipinski definition) is 7. The van der Waals surface area contributed by atoms with Gasteiger partial charge in [-0.3, -0.25) is 4.79 Å². The van der Waals surface area contributed by atoms with E-state index in [0.29, 0.717) is 24.3 Å². The molecule has 0 aliphatic rings. The normalized spacial score (nSPS) is 9.41. The summed E-state index contributed by atoms with van der Waals surface area (Å²) in [5.74, 6) is 5.19. The second-order valence-electron chi connectivity index (χ2n) is 11.1. The van der Waals surface area contributed by atoms with Crippen molar-refractivity contribution in [3.8, 4) is 23.8 Å². The Balaban J connectivity index is -0.000000338. The van der Waals surface area contributed by atoms with Crippen molar-refractivity contribution in [1.82, 2.24) is 0 Å². The van der Waals surface area contributed by atoms with E-state index in [-0.39, 0.29) is 123 Å². The van der Waals surface area contributed by atoms with Crippen LogP contribution in [0.25, 0.3) is 0 Å². The van der Waals surface area contributed by atoms with E-state index in [9.17, 15) is 9.59 Å². The molecule has 10 heteroatoms. The molecule has 0 atom stereocenters. The fraction of sp³-hybridized carbons (Fsp3) is 0.472. The minimum Gasteiger partial charge on any atom is -1.00 e. The Bertz CT molecular complexity index is 1180. The summed E-state index contributed by atoms with van der Waals surface area (Å²) in [5, 5.41) is 8.43. The minimum atomic E-state index is -1.36. The van der Waals surface area contributed by atoms with Gasteiger partial charge in [-0.1, -0.05) is 96.7 Å². The number of hydrogen-bond donors (Lipinski definition) is 0. The van der Waals surface area contributed by atoms with E-state index >= 15 is 0 Å². The van der Waals surface area contributed by atoms with Gasteiger partial charge >= 0.3 is 115 Å². The number of carbonyl (C=O) groups excluding carboxylic acids is 3. The Labute approximate surface area is 365 Å². The number of benzene rings is 2. The number of terminal acetylenes is 1. The predicted molar refractivity (Wildman–Crippen MR) is 177 cm³/mol. The van der Waals surface area contributed by atoms with Gasteiger partial charge in [0.05, 0.1) is 24.3 Å². The van der Waals surface area contributed by atoms with Gasteiger partial charge in [0.25, 0.3) is 6.47 Å². The number of ether oxygens (including phenoxy) is 2. The molecule has 0 N–H and O–H groups in total. The number of carbonyl (C=O) groups is 3. The van der Waals surface area contributed by atoms with Crippen LogP contribution >= 0.6 is 0 Å². The molecule has 2 aromatic carbocycles. The average Bonchev–Trinajstić information content (AvgIpc) is 3.03. The molecule has 0 heterocycles. The van der Waals surface area contributed by atoms with Gasteiger partial charge in [0.15, 0.2) is 0 Å². The van der Waals surface area contributed by atoms with Crippen LogP contribution in [-0.2, 0) is 19.2 Å². The third-order valence-corrected chi connectivity index (χ3v) is 6.87. The van der Waals surface area contributed by atoms with Gasteiger partial charge in [-0.15, -0.1) is 12.0 Å². The van der Waals surface area contributed by atoms with Gasteiger partial charge < -0.3 is 21.0 Å². The van der Waals surface area contributed by atoms with Crippen molar-refractivity contribution in [3.05, 3.63) is 70.8 Å². The van der Waals surface area contributed by atoms with Crippen LogP contribution in [0.3, 0.4) is 0 Å². The molecule has 0 bridgehead atoms. The van der Waals surface area contributed by atoms with Crippen molar-refractivity contribution in [1.29, 1.82) is 0 Å². The van der Waals surface area contributed by atoms with Gasteiger partial charge in [-0.05, 0) is 61.4 Å². The fourth-order valence-corrected chi connectivity index (χ4v) is 4.08. The summed E-state index contributed by atoms with van der Waals surface area (Å²) < 4.78 is 10.5. The van der Waals surface area contributed by atoms with Crippen molar-refractivity contribution in [2.24, 2.45) is 0 Å². The molecular formula is C36H50K2O7Si. The van der Waals surface area contributed by atoms with E-state index in [2.05, 4.69) is 55.8 Å². The Morgan fingerprint density at radius 3 is 1.43 bits per heavy atom. The van der Waals surface area contributed by atoms with Gasteiger partial charge in [-0.2, -0.15) is 0 Å². The van der Waals surface area contributed by atoms with E-state index in [1.165, 1.54) is 38.5 Å². The molecule has 0 fully saturated rings. The van der Waals surface area contributed by atoms with Gasteiger partial charge in [-0.25, -0.2) is 9.59 Å². The molecule has 0 saturated heterocycles. The van der Waals surface area contributed by atoms with Gasteiger partial charge in [0, 0.05) is 11.1 Å². The van der Waals surface area contributed by atoms with Crippen LogP contribution in [0, 0.1) is 23.8 Å². The van der Waals surface area contributed by atoms with E-state index in [4.69, 9.17) is 25.9 Å². The van der Waals surface area contributed by atoms with E-state index in [1.54, 1.807) is 36.4 Å². The van der Waals surface area contributed by atoms with Crippen molar-refractivity contribution >= 4 is 26.5 Å². The van der Waals surface area contributed by atoms with Crippen molar-refractivity contribution in [2.45, 2.75) is 97.7 Å². The summed E-state index contributed by atoms with van der Waals surface area (Å²) in [6.45, 7) is 11.8. The Kier molecular flexibility index (Phi) is 35.7. The largest absolute Gasteiger partial charge is 1.00 e. The minimum absolute atomic E-state index is 0. The zero-order chi connectivity index (χ0) is 33.1. The van der Waals surface area contributed by atoms with Gasteiger partial charge in [0.1, 0.15) is 8.07 Å². The Morgan fingerprint density at radius 1 is 0.739 bits per heavy atom. The number of esters is 2. The molecule has 0 aliphatic carbocycles. The smallest absolute Gasteiger partial charge is 1.00 e. The molecule has 7 nitrogen and oxygen atoms in total. The first-order chi connectivity index (χ1) is 21.1. The second-order valence-corrected chi connectivity index (χ2v) is 15.8. The maximum absolute atomic E-state index is 11.9. The van der Waals surface area contributed by atoms with E-state index in [1.807, 2.05) is 12.1 Å². The standard InChI is InChI=1S/C19H28O2Si.C16H20O2.CH2O3.2K.H/c1-5-6-7-8-9-15-21-19(20)18-12-10-17(11-13-18)14-16-22(2,3)4;1-3-5-6-7-8-13-18-16(17)15-11-9-14(4-2)10-12-15;2-1-4-3;;;/h10-13H,5-9,15H2,1-4H3;2,9-12H,3,5-8,13H2,1H3;1,3H;;;/q;;;2*+1;-1/p-1. The van der Waals surface area contributed by atoms with Crippen LogP contribution in [0.2, 0.25) is 19.6 Å². The number of unbranched alkanes of at least 4 members (excludes halogenated alkanes) is 8. The van der Waals surface area contributed by atoms with Crippen LogP contribution in [0.5, 0.6) is 0 Å². The molecule has 0 amide bonds. The molecule has 46 heavy (non-hydrogen) atoms. The molecule has 2 rings (SSSR count). The monoisotopic (exact) mass is 700 g/mol. The summed E-state index contributed by atoms with van der Waals surface area (Å²) in [7, 11) is -1.36. The maximum atomic E-state index is 11.9. The SMILES string of the molecule is C#Cc1ccc(C(=O)OCCCCCCC)cc1.CCCCCCCOC(=O)c1ccc(C#C[Si](C)(C)C)cc1.O=CO[O-].[H-].[K+].[K+]. The zero-order valence-electron chi connectivity index (χ0n) is 30.1. The zero-order valence-corrected chi connectivity index (χ0v) is 36.4. The average molecular weight is 701 g/mol. The maximum Gasteiger partial charge on any atom is 1.00 e. The first kappa shape index (κ1) is 49.8. The quantitative estimate of drug-likeness (QED) is 0.0527. The molecule has 0 aliphatic heterocycles. The summed E-state index contributed by atoms with van der Waals surface area (Å²) in [6, 6.07) is 14.3. The molecular weight excluding hydrogens is 651 g/mol. The summed E-state index contributed by atoms with van der Waals surface area (Å²) in [5.41, 5.74) is 6.21. The van der Waals surface area contributed by atoms with Crippen LogP contribution < -0.4 is 108 Å². The summed E-state index contributed by atoms with van der Waals surface area (Å²) >= 11 is 0. The molecule has 0 spiro atoms. The second kappa shape index (κ2) is 32.9. The van der Waals surface area contributed by atoms with Crippen LogP contribution in [0.15, 0.2) is 48.5 Å². The molecule has 0 unspecified atom stereocenters. The van der Waals surface area contributed by atoms with Crippen molar-refractivity contribution in [3.63, 3.8) is 0 Å². The fourth-order valence-electron chi connectivity index (χ4n) is 3.56. The molecule has 0 aromatic heterocycles. The van der Waals surface area contributed by atoms with Crippen LogP contribution in [-0.4, -0.2) is 39.7 Å². The molecule has 0 saturated carbocycles. The van der Waals surface area contributed by atoms with Crippen LogP contribution in [0.1, 0.15) is 111 Å². The van der Waals surface area contributed by atoms with E-state index < -0.39 is 8.07 Å². The third-order valence-electron chi connectivity index (χ3n) is 5.99. The topological polar surface area (TPSA) is 102 Å². The van der Waals surface area contributed by atoms with Crippen molar-refractivity contribution < 1.29 is 138 Å². The Hall–Kier alpha value is -0.580. The van der Waals surface area contributed by atoms with Crippen molar-refractivity contribution in [2.75, 3.05) is 13.2 Å². The summed E-state index contributed by atoms with van der Waals surface area (Å²) in [4.78, 5) is 34.8. The number of rotatable bonds is 15. The third kappa shape index (κ3) is 28.4. The first-order valence-corrected chi connectivity index (χ1v) is 18.9. The molecule has 242 valence electrons. The predicted octanol–water partition coefficient (Wildman–Crippen LogP) is 1.39. The van der Waals surface area contributed by atoms with E-state index in [0.717, 1.165) is 36.8 Å². The van der Waals surface area contributed by atoms with Crippen LogP contribution in [0.4, 0.5) is 0 Å².